The molecule has 3 fully saturated rings. The molecule has 3 aliphatic heterocycles. The Labute approximate surface area is 267 Å². The number of piperazine rings is 1. The number of benzene rings is 1. The van der Waals surface area contributed by atoms with E-state index >= 15 is 0 Å². The van der Waals surface area contributed by atoms with Gasteiger partial charge in [-0.2, -0.15) is 0 Å². The summed E-state index contributed by atoms with van der Waals surface area (Å²) in [5.41, 5.74) is 3.27. The zero-order valence-electron chi connectivity index (χ0n) is 26.9. The molecule has 6 rings (SSSR count). The first kappa shape index (κ1) is 31.5. The van der Waals surface area contributed by atoms with E-state index in [1.54, 1.807) is 6.08 Å². The van der Waals surface area contributed by atoms with Crippen molar-refractivity contribution in [2.75, 3.05) is 55.5 Å². The number of likely N-dealkylation sites (N-methyl/N-ethyl adjacent to an activating group) is 1. The van der Waals surface area contributed by atoms with Crippen LogP contribution in [0, 0.1) is 11.8 Å². The Kier molecular flexibility index (Phi) is 8.45. The third kappa shape index (κ3) is 5.85. The van der Waals surface area contributed by atoms with E-state index in [4.69, 9.17) is 4.98 Å². The number of hydrogen-bond donors (Lipinski definition) is 2. The Morgan fingerprint density at radius 2 is 1.87 bits per heavy atom. The predicted molar refractivity (Wildman–Crippen MR) is 178 cm³/mol. The minimum absolute atomic E-state index is 0.0466. The smallest absolute Gasteiger partial charge is 0.251 e. The van der Waals surface area contributed by atoms with Crippen LogP contribution in [0.5, 0.6) is 0 Å². The SMILES string of the molecule is C=CCC1(S(=O)(=O)N2CC(C)c3c(C(=O)NCC4C(=O)NC(C)CC4C)cc(-c4ccc(N5CCN(C)CC5)nc4)cc32)CC1. The van der Waals surface area contributed by atoms with Crippen molar-refractivity contribution in [2.45, 2.75) is 63.2 Å². The number of aromatic nitrogens is 1. The largest absolute Gasteiger partial charge is 0.354 e. The summed E-state index contributed by atoms with van der Waals surface area (Å²) in [5.74, 6) is 0.185. The number of carbonyl (C=O) groups is 2. The fourth-order valence-electron chi connectivity index (χ4n) is 7.35. The first-order valence-corrected chi connectivity index (χ1v) is 17.7. The number of sulfonamides is 1. The van der Waals surface area contributed by atoms with Crippen LogP contribution in [0.3, 0.4) is 0 Å². The highest BCUT2D eigenvalue weighted by Gasteiger charge is 2.57. The first-order valence-electron chi connectivity index (χ1n) is 16.2. The quantitative estimate of drug-likeness (QED) is 0.404. The number of rotatable bonds is 9. The van der Waals surface area contributed by atoms with Crippen molar-refractivity contribution >= 4 is 33.3 Å². The number of nitrogens with one attached hydrogen (secondary N) is 2. The van der Waals surface area contributed by atoms with Crippen LogP contribution in [-0.2, 0) is 14.8 Å². The highest BCUT2D eigenvalue weighted by Crippen LogP contribution is 2.52. The Morgan fingerprint density at radius 3 is 2.49 bits per heavy atom. The van der Waals surface area contributed by atoms with Crippen molar-refractivity contribution in [1.82, 2.24) is 20.5 Å². The van der Waals surface area contributed by atoms with Gasteiger partial charge in [-0.3, -0.25) is 13.9 Å². The molecule has 0 spiro atoms. The molecule has 1 aromatic heterocycles. The zero-order chi connectivity index (χ0) is 32.1. The van der Waals surface area contributed by atoms with E-state index in [2.05, 4.69) is 34.1 Å². The maximum atomic E-state index is 14.1. The van der Waals surface area contributed by atoms with Gasteiger partial charge in [-0.15, -0.1) is 6.58 Å². The van der Waals surface area contributed by atoms with Crippen molar-refractivity contribution in [3.8, 4) is 11.1 Å². The molecule has 1 saturated carbocycles. The standard InChI is InChI=1S/C34H46N6O4S/c1-6-9-34(10-11-34)45(43,44)40-21-23(3)31-27(32(41)36-20-28-22(2)16-24(4)37-33(28)42)17-26(18-29(31)40)25-7-8-30(35-19-25)39-14-12-38(5)13-15-39/h6-8,17-19,22-24,28H,1,9-16,20-21H2,2-5H3,(H,36,41)(H,37,42). The fraction of sp³-hybridized carbons (Fsp3) is 0.559. The molecule has 2 aromatic rings. The lowest BCUT2D eigenvalue weighted by Gasteiger charge is -2.33. The highest BCUT2D eigenvalue weighted by atomic mass is 32.2. The van der Waals surface area contributed by atoms with Gasteiger partial charge in [-0.1, -0.05) is 19.9 Å². The number of nitrogens with zero attached hydrogens (tertiary/aromatic N) is 4. The van der Waals surface area contributed by atoms with Gasteiger partial charge >= 0.3 is 0 Å². The van der Waals surface area contributed by atoms with Crippen molar-refractivity contribution in [3.05, 3.63) is 54.2 Å². The second-order valence-electron chi connectivity index (χ2n) is 13.7. The second kappa shape index (κ2) is 12.1. The Hall–Kier alpha value is -3.44. The average Bonchev–Trinajstić information content (AvgIpc) is 3.73. The molecule has 1 aromatic carbocycles. The molecular formula is C34H46N6O4S. The topological polar surface area (TPSA) is 115 Å². The first-order chi connectivity index (χ1) is 21.4. The van der Waals surface area contributed by atoms with Crippen LogP contribution in [0.4, 0.5) is 11.5 Å². The van der Waals surface area contributed by atoms with Gasteiger partial charge in [0, 0.05) is 68.6 Å². The van der Waals surface area contributed by atoms with Crippen LogP contribution in [0.15, 0.2) is 43.1 Å². The van der Waals surface area contributed by atoms with Crippen molar-refractivity contribution in [3.63, 3.8) is 0 Å². The summed E-state index contributed by atoms with van der Waals surface area (Å²) in [7, 11) is -1.58. The third-order valence-electron chi connectivity index (χ3n) is 10.3. The molecule has 4 aliphatic rings. The van der Waals surface area contributed by atoms with E-state index in [1.165, 1.54) is 4.31 Å². The van der Waals surface area contributed by atoms with E-state index in [9.17, 15) is 18.0 Å². The molecule has 4 heterocycles. The molecule has 0 radical (unpaired) electrons. The van der Waals surface area contributed by atoms with Gasteiger partial charge in [0.25, 0.3) is 5.91 Å². The van der Waals surface area contributed by atoms with Gasteiger partial charge in [-0.05, 0) is 81.0 Å². The Morgan fingerprint density at radius 1 is 1.13 bits per heavy atom. The van der Waals surface area contributed by atoms with E-state index in [0.29, 0.717) is 30.5 Å². The fourth-order valence-corrected chi connectivity index (χ4v) is 9.59. The molecule has 45 heavy (non-hydrogen) atoms. The molecule has 0 bridgehead atoms. The molecule has 2 amide bonds. The molecule has 242 valence electrons. The van der Waals surface area contributed by atoms with E-state index < -0.39 is 14.8 Å². The van der Waals surface area contributed by atoms with Crippen LogP contribution in [0.1, 0.15) is 68.3 Å². The summed E-state index contributed by atoms with van der Waals surface area (Å²) in [4.78, 5) is 36.0. The summed E-state index contributed by atoms with van der Waals surface area (Å²) in [5, 5.41) is 6.04. The molecule has 2 N–H and O–H groups in total. The predicted octanol–water partition coefficient (Wildman–Crippen LogP) is 3.75. The Bertz CT molecular complexity index is 1580. The average molecular weight is 635 g/mol. The lowest BCUT2D eigenvalue weighted by atomic mass is 9.84. The van der Waals surface area contributed by atoms with Gasteiger partial charge < -0.3 is 20.4 Å². The maximum Gasteiger partial charge on any atom is 0.251 e. The van der Waals surface area contributed by atoms with Gasteiger partial charge in [0.2, 0.25) is 15.9 Å². The van der Waals surface area contributed by atoms with Crippen molar-refractivity contribution < 1.29 is 18.0 Å². The highest BCUT2D eigenvalue weighted by molar-refractivity contribution is 7.94. The molecule has 4 unspecified atom stereocenters. The number of carbonyl (C=O) groups excluding carboxylic acids is 2. The summed E-state index contributed by atoms with van der Waals surface area (Å²) in [6, 6.07) is 7.87. The summed E-state index contributed by atoms with van der Waals surface area (Å²) in [6.45, 7) is 14.1. The van der Waals surface area contributed by atoms with E-state index in [0.717, 1.165) is 55.1 Å². The van der Waals surface area contributed by atoms with Gasteiger partial charge in [0.15, 0.2) is 0 Å². The Balaban J connectivity index is 1.36. The summed E-state index contributed by atoms with van der Waals surface area (Å²) < 4.78 is 29.0. The molecule has 11 heteroatoms. The number of anilines is 2. The van der Waals surface area contributed by atoms with Crippen LogP contribution in [-0.4, -0.2) is 87.2 Å². The molecule has 1 aliphatic carbocycles. The van der Waals surface area contributed by atoms with Crippen LogP contribution < -0.4 is 19.8 Å². The molecule has 2 saturated heterocycles. The number of allylic oxidation sites excluding steroid dienone is 1. The lowest BCUT2D eigenvalue weighted by Crippen LogP contribution is -2.50. The van der Waals surface area contributed by atoms with Crippen LogP contribution in [0.25, 0.3) is 11.1 Å². The third-order valence-corrected chi connectivity index (χ3v) is 12.9. The lowest BCUT2D eigenvalue weighted by molar-refractivity contribution is -0.129. The molecule has 10 nitrogen and oxygen atoms in total. The number of pyridine rings is 1. The van der Waals surface area contributed by atoms with E-state index in [-0.39, 0.29) is 48.7 Å². The van der Waals surface area contributed by atoms with Crippen LogP contribution >= 0.6 is 0 Å². The molecule has 4 atom stereocenters. The minimum atomic E-state index is -3.70. The number of amides is 2. The minimum Gasteiger partial charge on any atom is -0.354 e. The second-order valence-corrected chi connectivity index (χ2v) is 16.0. The van der Waals surface area contributed by atoms with E-state index in [1.807, 2.05) is 51.2 Å². The summed E-state index contributed by atoms with van der Waals surface area (Å²) in [6.07, 6.45) is 5.96. The summed E-state index contributed by atoms with van der Waals surface area (Å²) >= 11 is 0. The number of piperidine rings is 1. The normalized spacial score (nSPS) is 26.3. The van der Waals surface area contributed by atoms with Gasteiger partial charge in [0.05, 0.1) is 16.4 Å². The van der Waals surface area contributed by atoms with Crippen molar-refractivity contribution in [1.29, 1.82) is 0 Å². The van der Waals surface area contributed by atoms with Crippen LogP contribution in [0.2, 0.25) is 0 Å². The maximum absolute atomic E-state index is 14.1. The number of fused-ring (bicyclic) bond motifs is 1. The number of hydrogen-bond acceptors (Lipinski definition) is 7. The molecular weight excluding hydrogens is 588 g/mol. The van der Waals surface area contributed by atoms with Gasteiger partial charge in [-0.25, -0.2) is 13.4 Å². The van der Waals surface area contributed by atoms with Crippen molar-refractivity contribution in [2.24, 2.45) is 11.8 Å². The van der Waals surface area contributed by atoms with Gasteiger partial charge in [0.1, 0.15) is 5.82 Å². The zero-order valence-corrected chi connectivity index (χ0v) is 27.7. The monoisotopic (exact) mass is 634 g/mol.